The van der Waals surface area contributed by atoms with E-state index in [-0.39, 0.29) is 48.2 Å². The van der Waals surface area contributed by atoms with E-state index in [4.69, 9.17) is 14.2 Å². The Morgan fingerprint density at radius 1 is 1.02 bits per heavy atom. The number of halogens is 3. The number of anilines is 2. The zero-order valence-corrected chi connectivity index (χ0v) is 26.4. The van der Waals surface area contributed by atoms with E-state index < -0.39 is 21.7 Å². The second-order valence-corrected chi connectivity index (χ2v) is 12.1. The Morgan fingerprint density at radius 3 is 2.65 bits per heavy atom. The van der Waals surface area contributed by atoms with E-state index in [9.17, 15) is 12.8 Å². The van der Waals surface area contributed by atoms with Crippen LogP contribution < -0.4 is 10.1 Å². The van der Waals surface area contributed by atoms with Crippen molar-refractivity contribution in [3.05, 3.63) is 131 Å². The van der Waals surface area contributed by atoms with Crippen molar-refractivity contribution in [3.8, 4) is 5.75 Å². The molecule has 1 atom stereocenters. The van der Waals surface area contributed by atoms with Crippen LogP contribution in [0.3, 0.4) is 0 Å². The van der Waals surface area contributed by atoms with Gasteiger partial charge in [0.2, 0.25) is 10.3 Å². The molecule has 1 unspecified atom stereocenters. The lowest BCUT2D eigenvalue weighted by molar-refractivity contribution is -0.0382. The van der Waals surface area contributed by atoms with Gasteiger partial charge in [0.15, 0.2) is 5.60 Å². The summed E-state index contributed by atoms with van der Waals surface area (Å²) in [4.78, 5) is 12.7. The molecule has 0 aliphatic carbocycles. The summed E-state index contributed by atoms with van der Waals surface area (Å²) >= 11 is 3.53. The molecule has 0 spiro atoms. The fourth-order valence-electron chi connectivity index (χ4n) is 5.00. The average molecular weight is 708 g/mol. The van der Waals surface area contributed by atoms with E-state index in [1.165, 1.54) is 37.0 Å². The van der Waals surface area contributed by atoms with Crippen LogP contribution in [0.25, 0.3) is 10.9 Å². The second kappa shape index (κ2) is 13.7. The van der Waals surface area contributed by atoms with Crippen LogP contribution in [0.5, 0.6) is 5.75 Å². The van der Waals surface area contributed by atoms with Crippen LogP contribution in [0.2, 0.25) is 0 Å². The predicted octanol–water partition coefficient (Wildman–Crippen LogP) is 6.63. The van der Waals surface area contributed by atoms with E-state index in [2.05, 4.69) is 36.2 Å². The van der Waals surface area contributed by atoms with Gasteiger partial charge in [0, 0.05) is 35.3 Å². The Balaban J connectivity index is 1.23. The van der Waals surface area contributed by atoms with Crippen molar-refractivity contribution in [1.82, 2.24) is 15.0 Å². The number of pyridine rings is 1. The van der Waals surface area contributed by atoms with E-state index in [1.807, 2.05) is 0 Å². The smallest absolute Gasteiger partial charge is 0.221 e. The maximum Gasteiger partial charge on any atom is 0.221 e. The van der Waals surface area contributed by atoms with Gasteiger partial charge in [-0.15, -0.1) is 0 Å². The molecule has 0 saturated heterocycles. The molecule has 0 fully saturated rings. The number of fused-ring (bicyclic) bond motifs is 1. The molecular weight excluding hydrogens is 682 g/mol. The van der Waals surface area contributed by atoms with E-state index in [0.717, 1.165) is 0 Å². The maximum absolute atomic E-state index is 15.7. The van der Waals surface area contributed by atoms with Crippen molar-refractivity contribution in [2.24, 2.45) is 0 Å². The van der Waals surface area contributed by atoms with E-state index in [0.29, 0.717) is 38.2 Å². The molecule has 2 aromatic heterocycles. The third-order valence-corrected chi connectivity index (χ3v) is 8.60. The van der Waals surface area contributed by atoms with Crippen molar-refractivity contribution < 1.29 is 31.4 Å². The van der Waals surface area contributed by atoms with Crippen LogP contribution in [-0.4, -0.2) is 41.4 Å². The molecule has 46 heavy (non-hydrogen) atoms. The van der Waals surface area contributed by atoms with Gasteiger partial charge in [-0.1, -0.05) is 18.2 Å². The maximum atomic E-state index is 15.7. The summed E-state index contributed by atoms with van der Waals surface area (Å²) < 4.78 is 71.3. The van der Waals surface area contributed by atoms with Gasteiger partial charge in [-0.05, 0) is 76.1 Å². The molecule has 9 nitrogen and oxygen atoms in total. The van der Waals surface area contributed by atoms with Crippen LogP contribution in [0.15, 0.2) is 102 Å². The third kappa shape index (κ3) is 6.91. The molecule has 3 heterocycles. The highest BCUT2D eigenvalue weighted by Crippen LogP contribution is 2.39. The molecule has 0 bridgehead atoms. The van der Waals surface area contributed by atoms with Gasteiger partial charge in [0.05, 0.1) is 35.2 Å². The fraction of sp³-hybridized carbons (Fsp3) is 0.152. The lowest BCUT2D eigenvalue weighted by atomic mass is 9.90. The topological polar surface area (TPSA) is 113 Å². The third-order valence-electron chi connectivity index (χ3n) is 7.25. The van der Waals surface area contributed by atoms with Gasteiger partial charge in [0.1, 0.15) is 41.0 Å². The summed E-state index contributed by atoms with van der Waals surface area (Å²) in [5.74, 6) is 0.0810. The SMILES string of the molecule is O=S(=O)=C(COCC1(c2cc3c(Nc4ccc(OCc5cccc(F)c5)c(Br)c4)ncnc3cc2F)CC=CO1)c1ccccn1. The quantitative estimate of drug-likeness (QED) is 0.119. The molecule has 1 N–H and O–H groups in total. The van der Waals surface area contributed by atoms with Crippen LogP contribution in [-0.2, 0) is 32.0 Å². The first-order chi connectivity index (χ1) is 22.3. The monoisotopic (exact) mass is 706 g/mol. The number of aromatic nitrogens is 3. The fourth-order valence-corrected chi connectivity index (χ4v) is 5.96. The van der Waals surface area contributed by atoms with Crippen molar-refractivity contribution >= 4 is 53.5 Å². The summed E-state index contributed by atoms with van der Waals surface area (Å²) in [6, 6.07) is 19.4. The number of ether oxygens (including phenoxy) is 3. The predicted molar refractivity (Wildman–Crippen MR) is 172 cm³/mol. The highest BCUT2D eigenvalue weighted by molar-refractivity contribution is 9.10. The first-order valence-corrected chi connectivity index (χ1v) is 15.8. The summed E-state index contributed by atoms with van der Waals surface area (Å²) in [6.45, 7) is -0.232. The first kappa shape index (κ1) is 31.3. The second-order valence-electron chi connectivity index (χ2n) is 10.3. The van der Waals surface area contributed by atoms with Crippen LogP contribution >= 0.6 is 15.9 Å². The van der Waals surface area contributed by atoms with Crippen molar-refractivity contribution in [2.45, 2.75) is 18.6 Å². The Labute approximate surface area is 272 Å². The Bertz CT molecular complexity index is 2060. The van der Waals surface area contributed by atoms with Gasteiger partial charge in [-0.2, -0.15) is 8.42 Å². The van der Waals surface area contributed by atoms with Crippen LogP contribution in [0.1, 0.15) is 23.2 Å². The normalized spacial score (nSPS) is 15.5. The lowest BCUT2D eigenvalue weighted by Gasteiger charge is -2.29. The van der Waals surface area contributed by atoms with Gasteiger partial charge in [-0.3, -0.25) is 4.98 Å². The number of nitrogens with zero attached hydrogens (tertiary/aromatic N) is 3. The van der Waals surface area contributed by atoms with Crippen LogP contribution in [0.4, 0.5) is 20.3 Å². The molecular formula is C33H25BrF2N4O5S. The summed E-state index contributed by atoms with van der Waals surface area (Å²) in [5.41, 5.74) is 0.930. The first-order valence-electron chi connectivity index (χ1n) is 14.0. The number of hydrogen-bond acceptors (Lipinski definition) is 9. The number of nitrogens with one attached hydrogen (secondary N) is 1. The minimum atomic E-state index is -2.58. The largest absolute Gasteiger partial charge is 0.488 e. The highest BCUT2D eigenvalue weighted by atomic mass is 79.9. The summed E-state index contributed by atoms with van der Waals surface area (Å²) in [7, 11) is -2.58. The molecule has 0 radical (unpaired) electrons. The minimum absolute atomic E-state index is 0.0304. The molecule has 3 aromatic carbocycles. The summed E-state index contributed by atoms with van der Waals surface area (Å²) in [5, 5.41) is 3.79. The molecule has 0 saturated carbocycles. The minimum Gasteiger partial charge on any atom is -0.488 e. The lowest BCUT2D eigenvalue weighted by Crippen LogP contribution is -2.33. The Kier molecular flexibility index (Phi) is 9.33. The molecule has 6 rings (SSSR count). The van der Waals surface area contributed by atoms with E-state index >= 15 is 4.39 Å². The molecule has 5 aromatic rings. The molecule has 1 aliphatic heterocycles. The number of rotatable bonds is 11. The zero-order chi connectivity index (χ0) is 32.1. The van der Waals surface area contributed by atoms with Crippen LogP contribution in [0, 0.1) is 11.6 Å². The molecule has 0 amide bonds. The van der Waals surface area contributed by atoms with Crippen molar-refractivity contribution in [3.63, 3.8) is 0 Å². The highest BCUT2D eigenvalue weighted by Gasteiger charge is 2.39. The van der Waals surface area contributed by atoms with Crippen molar-refractivity contribution in [2.75, 3.05) is 18.5 Å². The van der Waals surface area contributed by atoms with Crippen molar-refractivity contribution in [1.29, 1.82) is 0 Å². The standard InChI is InChI=1S/C33H25BrF2N4O5S/c34-26-14-23(8-9-30(26)44-17-21-5-3-6-22(35)13-21)40-32-24-15-25(27(36)16-29(24)38-20-39-32)33(10-4-12-45-33)19-43-18-31(46(41)42)28-7-1-2-11-37-28/h1-9,11-16,20H,10,17-19H2,(H,38,39,40). The Morgan fingerprint density at radius 2 is 1.91 bits per heavy atom. The molecule has 234 valence electrons. The van der Waals surface area contributed by atoms with Gasteiger partial charge in [-0.25, -0.2) is 18.7 Å². The van der Waals surface area contributed by atoms with Gasteiger partial charge < -0.3 is 19.5 Å². The molecule has 1 aliphatic rings. The Hall–Kier alpha value is -4.72. The number of hydrogen-bond donors (Lipinski definition) is 1. The number of benzene rings is 3. The average Bonchev–Trinajstić information content (AvgIpc) is 3.52. The molecule has 13 heteroatoms. The van der Waals surface area contributed by atoms with Gasteiger partial charge in [0.25, 0.3) is 0 Å². The van der Waals surface area contributed by atoms with E-state index in [1.54, 1.807) is 60.7 Å². The summed E-state index contributed by atoms with van der Waals surface area (Å²) in [6.07, 6.45) is 6.33. The zero-order valence-electron chi connectivity index (χ0n) is 24.0. The van der Waals surface area contributed by atoms with Gasteiger partial charge >= 0.3 is 0 Å².